The molecule has 0 radical (unpaired) electrons. The molecule has 152 valence electrons. The maximum absolute atomic E-state index is 8.84. The third-order valence-electron chi connectivity index (χ3n) is 3.75. The number of alkyl halides is 1. The highest BCUT2D eigenvalue weighted by Crippen LogP contribution is 2.19. The number of methoxy groups -OCH3 is 2. The summed E-state index contributed by atoms with van der Waals surface area (Å²) in [5, 5.41) is 8.84. The molecule has 0 aliphatic heterocycles. The van der Waals surface area contributed by atoms with Gasteiger partial charge in [-0.25, -0.2) is 9.97 Å². The van der Waals surface area contributed by atoms with Crippen molar-refractivity contribution in [2.45, 2.75) is 27.3 Å². The number of hydrogen-bond donors (Lipinski definition) is 3. The summed E-state index contributed by atoms with van der Waals surface area (Å²) >= 11 is 5.65. The van der Waals surface area contributed by atoms with Gasteiger partial charge in [0.15, 0.2) is 0 Å². The molecule has 0 unspecified atom stereocenters. The van der Waals surface area contributed by atoms with E-state index in [1.54, 1.807) is 14.2 Å². The summed E-state index contributed by atoms with van der Waals surface area (Å²) in [5.41, 5.74) is 3.58. The monoisotopic (exact) mass is 406 g/mol. The molecule has 2 aromatic heterocycles. The van der Waals surface area contributed by atoms with Crippen LogP contribution in [0.3, 0.4) is 0 Å². The standard InChI is InChI=1S/C9H9ClN2O.C9H10N2O2.2CH4/c1-13-6-2-3-7-8(4-6)12-9(5-10)11-7;1-13-6-2-3-7-8(4-6)11-9(5-12)10-7;;/h2-4H,5H2,1H3,(H,11,12);2-4,12H,5H2,1H3,(H,10,11);2*1H4. The molecule has 0 atom stereocenters. The van der Waals surface area contributed by atoms with Gasteiger partial charge in [-0.15, -0.1) is 11.6 Å². The summed E-state index contributed by atoms with van der Waals surface area (Å²) in [6.07, 6.45) is 0. The maximum atomic E-state index is 8.84. The van der Waals surface area contributed by atoms with Gasteiger partial charge in [-0.3, -0.25) is 0 Å². The smallest absolute Gasteiger partial charge is 0.133 e. The zero-order valence-electron chi connectivity index (χ0n) is 14.4. The molecule has 28 heavy (non-hydrogen) atoms. The number of benzene rings is 2. The fourth-order valence-electron chi connectivity index (χ4n) is 2.48. The van der Waals surface area contributed by atoms with Crippen LogP contribution in [0.25, 0.3) is 22.1 Å². The van der Waals surface area contributed by atoms with E-state index in [2.05, 4.69) is 19.9 Å². The van der Waals surface area contributed by atoms with E-state index in [-0.39, 0.29) is 21.5 Å². The molecular formula is C20H27ClN4O3. The quantitative estimate of drug-likeness (QED) is 0.429. The lowest BCUT2D eigenvalue weighted by molar-refractivity contribution is 0.273. The van der Waals surface area contributed by atoms with Crippen LogP contribution in [0, 0.1) is 0 Å². The molecule has 2 aromatic carbocycles. The van der Waals surface area contributed by atoms with Gasteiger partial charge in [0.2, 0.25) is 0 Å². The lowest BCUT2D eigenvalue weighted by Gasteiger charge is -1.96. The minimum atomic E-state index is -0.0724. The van der Waals surface area contributed by atoms with Crippen molar-refractivity contribution in [3.8, 4) is 11.5 Å². The normalized spacial score (nSPS) is 9.86. The zero-order chi connectivity index (χ0) is 18.5. The summed E-state index contributed by atoms with van der Waals surface area (Å²) in [7, 11) is 3.25. The molecule has 3 N–H and O–H groups in total. The number of H-pyrrole nitrogens is 2. The van der Waals surface area contributed by atoms with Gasteiger partial charge in [-0.05, 0) is 24.3 Å². The Kier molecular flexibility index (Phi) is 8.76. The summed E-state index contributed by atoms with van der Waals surface area (Å²) in [6.45, 7) is -0.0724. The Balaban J connectivity index is 0.000000261. The van der Waals surface area contributed by atoms with E-state index >= 15 is 0 Å². The second-order valence-corrected chi connectivity index (χ2v) is 5.69. The van der Waals surface area contributed by atoms with Gasteiger partial charge in [0.25, 0.3) is 0 Å². The minimum Gasteiger partial charge on any atom is -0.497 e. The fourth-order valence-corrected chi connectivity index (χ4v) is 2.60. The van der Waals surface area contributed by atoms with Crippen molar-refractivity contribution in [2.75, 3.05) is 14.2 Å². The Hall–Kier alpha value is -2.77. The highest BCUT2D eigenvalue weighted by atomic mass is 35.5. The summed E-state index contributed by atoms with van der Waals surface area (Å²) < 4.78 is 10.1. The lowest BCUT2D eigenvalue weighted by atomic mass is 10.3. The average molecular weight is 407 g/mol. The Morgan fingerprint density at radius 2 is 1.32 bits per heavy atom. The first kappa shape index (κ1) is 23.3. The number of aliphatic hydroxyl groups is 1. The van der Waals surface area contributed by atoms with Gasteiger partial charge in [-0.2, -0.15) is 0 Å². The van der Waals surface area contributed by atoms with E-state index in [9.17, 15) is 0 Å². The third kappa shape index (κ3) is 5.15. The van der Waals surface area contributed by atoms with Gasteiger partial charge >= 0.3 is 0 Å². The Morgan fingerprint density at radius 3 is 1.75 bits per heavy atom. The van der Waals surface area contributed by atoms with E-state index in [1.165, 1.54) is 0 Å². The van der Waals surface area contributed by atoms with E-state index in [1.807, 2.05) is 36.4 Å². The van der Waals surface area contributed by atoms with Crippen molar-refractivity contribution in [1.29, 1.82) is 0 Å². The van der Waals surface area contributed by atoms with Crippen molar-refractivity contribution in [3.63, 3.8) is 0 Å². The second kappa shape index (κ2) is 10.5. The molecule has 4 rings (SSSR count). The number of aromatic nitrogens is 4. The molecule has 0 spiro atoms. The van der Waals surface area contributed by atoms with Crippen molar-refractivity contribution in [3.05, 3.63) is 48.0 Å². The molecule has 0 saturated carbocycles. The molecule has 0 aliphatic rings. The number of ether oxygens (including phenoxy) is 2. The van der Waals surface area contributed by atoms with Crippen LogP contribution in [0.4, 0.5) is 0 Å². The molecule has 0 fully saturated rings. The Labute approximate surface area is 169 Å². The van der Waals surface area contributed by atoms with E-state index in [4.69, 9.17) is 26.2 Å². The van der Waals surface area contributed by atoms with Crippen LogP contribution >= 0.6 is 11.6 Å². The number of aromatic amines is 2. The molecule has 0 amide bonds. The summed E-state index contributed by atoms with van der Waals surface area (Å²) in [4.78, 5) is 14.5. The predicted molar refractivity (Wildman–Crippen MR) is 114 cm³/mol. The van der Waals surface area contributed by atoms with E-state index in [0.29, 0.717) is 11.7 Å². The van der Waals surface area contributed by atoms with Crippen LogP contribution in [-0.4, -0.2) is 39.3 Å². The van der Waals surface area contributed by atoms with Crippen LogP contribution in [0.2, 0.25) is 0 Å². The first-order valence-corrected chi connectivity index (χ1v) is 8.42. The average Bonchev–Trinajstić information content (AvgIpc) is 3.30. The van der Waals surface area contributed by atoms with Crippen LogP contribution in [0.1, 0.15) is 26.5 Å². The van der Waals surface area contributed by atoms with Gasteiger partial charge in [0.1, 0.15) is 29.8 Å². The molecule has 4 aromatic rings. The second-order valence-electron chi connectivity index (χ2n) is 5.42. The molecular weight excluding hydrogens is 380 g/mol. The highest BCUT2D eigenvalue weighted by molar-refractivity contribution is 6.16. The number of nitrogens with zero attached hydrogens (tertiary/aromatic N) is 2. The van der Waals surface area contributed by atoms with Crippen molar-refractivity contribution >= 4 is 33.7 Å². The van der Waals surface area contributed by atoms with E-state index in [0.717, 1.165) is 39.4 Å². The number of aliphatic hydroxyl groups excluding tert-OH is 1. The molecule has 0 bridgehead atoms. The SMILES string of the molecule is C.C.COc1ccc2nc(CCl)[nH]c2c1.COc1ccc2nc(CO)[nH]c2c1. The van der Waals surface area contributed by atoms with Crippen LogP contribution in [-0.2, 0) is 12.5 Å². The largest absolute Gasteiger partial charge is 0.497 e. The number of imidazole rings is 2. The van der Waals surface area contributed by atoms with Gasteiger partial charge in [0, 0.05) is 12.1 Å². The summed E-state index contributed by atoms with van der Waals surface area (Å²) in [6, 6.07) is 11.2. The molecule has 0 aliphatic carbocycles. The van der Waals surface area contributed by atoms with Crippen LogP contribution in [0.15, 0.2) is 36.4 Å². The van der Waals surface area contributed by atoms with Crippen molar-refractivity contribution < 1.29 is 14.6 Å². The predicted octanol–water partition coefficient (Wildman–Crippen LogP) is 4.65. The minimum absolute atomic E-state index is 0. The summed E-state index contributed by atoms with van der Waals surface area (Å²) in [5.74, 6) is 3.35. The Morgan fingerprint density at radius 1 is 0.857 bits per heavy atom. The maximum Gasteiger partial charge on any atom is 0.133 e. The van der Waals surface area contributed by atoms with Crippen LogP contribution in [0.5, 0.6) is 11.5 Å². The zero-order valence-corrected chi connectivity index (χ0v) is 15.2. The molecule has 0 saturated heterocycles. The number of nitrogens with one attached hydrogen (secondary N) is 2. The first-order valence-electron chi connectivity index (χ1n) is 7.89. The van der Waals surface area contributed by atoms with Crippen molar-refractivity contribution in [1.82, 2.24) is 19.9 Å². The lowest BCUT2D eigenvalue weighted by Crippen LogP contribution is -1.83. The van der Waals surface area contributed by atoms with Gasteiger partial charge in [0.05, 0.1) is 42.2 Å². The highest BCUT2D eigenvalue weighted by Gasteiger charge is 2.03. The number of halogens is 1. The Bertz CT molecular complexity index is 927. The molecule has 2 heterocycles. The molecule has 8 heteroatoms. The topological polar surface area (TPSA) is 96.1 Å². The van der Waals surface area contributed by atoms with Gasteiger partial charge in [-0.1, -0.05) is 14.9 Å². The van der Waals surface area contributed by atoms with E-state index < -0.39 is 0 Å². The first-order chi connectivity index (χ1) is 12.7. The fraction of sp³-hybridized carbons (Fsp3) is 0.300. The number of hydrogen-bond acceptors (Lipinski definition) is 5. The van der Waals surface area contributed by atoms with Crippen molar-refractivity contribution in [2.24, 2.45) is 0 Å². The number of rotatable bonds is 4. The number of fused-ring (bicyclic) bond motifs is 2. The van der Waals surface area contributed by atoms with Gasteiger partial charge < -0.3 is 24.5 Å². The molecule has 7 nitrogen and oxygen atoms in total. The third-order valence-corrected chi connectivity index (χ3v) is 4.01. The van der Waals surface area contributed by atoms with Crippen LogP contribution < -0.4 is 9.47 Å².